The van der Waals surface area contributed by atoms with Gasteiger partial charge in [0.2, 0.25) is 23.6 Å². The predicted molar refractivity (Wildman–Crippen MR) is 384 cm³/mol. The number of fused-ring (bicyclic) bond motifs is 3. The van der Waals surface area contributed by atoms with Gasteiger partial charge in [-0.2, -0.15) is 0 Å². The SMILES string of the molecule is CO[C@H]1C[C@@H]2CC[C@@H](C)[C@@](O)(O2)C(=O)C(=O)N2CCCC[C@H]2C(=O)O[C@H]([C@H](N)C[C@@H]2CC[C@@H](OC(=O)NCc3cnc(N4CCN(C(=O)CCOCCN5CCN(c6ncc(C(C)=O)cn6)CC5)[C@@H](C(=O)O)C4)nc3)[C@H](OC)C2)CC(=O)[C@H](C)/C=C(\C)[C@@H](O)[C@@H](O)C(=O)[C@H](C)C[C@H](C)/C=C/C=C/C=C/1C. The third kappa shape index (κ3) is 22.6. The number of nitrogens with zero attached hydrogens (tertiary/aromatic N) is 9. The number of nitrogens with two attached hydrogens (primary N) is 1. The first-order valence-electron chi connectivity index (χ1n) is 36.9. The normalized spacial score (nSPS) is 32.0. The van der Waals surface area contributed by atoms with Crippen LogP contribution in [0.4, 0.5) is 16.7 Å². The second-order valence-electron chi connectivity index (χ2n) is 29.1. The molecule has 3 amide bonds. The molecule has 16 atom stereocenters. The van der Waals surface area contributed by atoms with Crippen LogP contribution in [0.1, 0.15) is 148 Å². The van der Waals surface area contributed by atoms with E-state index in [0.717, 1.165) is 23.6 Å². The number of carboxylic acids is 1. The largest absolute Gasteiger partial charge is 0.480 e. The second-order valence-corrected chi connectivity index (χ2v) is 29.1. The number of esters is 1. The lowest BCUT2D eigenvalue weighted by Crippen LogP contribution is -2.61. The Morgan fingerprint density at radius 2 is 1.47 bits per heavy atom. The number of rotatable bonds is 18. The molecule has 2 bridgehead atoms. The van der Waals surface area contributed by atoms with E-state index < -0.39 is 132 Å². The molecule has 30 nitrogen and oxygen atoms in total. The van der Waals surface area contributed by atoms with E-state index in [1.807, 2.05) is 44.2 Å². The van der Waals surface area contributed by atoms with E-state index in [1.54, 1.807) is 32.8 Å². The zero-order valence-electron chi connectivity index (χ0n) is 62.1. The molecule has 1 saturated carbocycles. The fourth-order valence-electron chi connectivity index (χ4n) is 14.7. The number of hydrogen-bond donors (Lipinski definition) is 6. The number of ketones is 4. The number of nitrogens with one attached hydrogen (secondary N) is 1. The molecule has 0 spiro atoms. The number of aromatic nitrogens is 4. The van der Waals surface area contributed by atoms with Crippen molar-refractivity contribution in [2.24, 2.45) is 35.3 Å². The average molecular weight is 1470 g/mol. The molecule has 5 fully saturated rings. The highest BCUT2D eigenvalue weighted by Gasteiger charge is 2.53. The summed E-state index contributed by atoms with van der Waals surface area (Å²) in [6.07, 6.45) is 12.2. The number of carbonyl (C=O) groups excluding carboxylic acids is 8. The van der Waals surface area contributed by atoms with Crippen LogP contribution in [0.15, 0.2) is 72.4 Å². The lowest BCUT2D eigenvalue weighted by Gasteiger charge is -2.42. The van der Waals surface area contributed by atoms with Crippen molar-refractivity contribution in [3.63, 3.8) is 0 Å². The summed E-state index contributed by atoms with van der Waals surface area (Å²) < 4.78 is 35.9. The van der Waals surface area contributed by atoms with Gasteiger partial charge in [0.1, 0.15) is 42.3 Å². The number of carboxylic acid groups (broad SMARTS) is 1. The average Bonchev–Trinajstić information content (AvgIpc) is 0.783. The van der Waals surface area contributed by atoms with Crippen LogP contribution in [0.5, 0.6) is 0 Å². The fraction of sp³-hybridized carbons (Fsp3) is 0.667. The predicted octanol–water partition coefficient (Wildman–Crippen LogP) is 4.27. The number of ether oxygens (including phenoxy) is 6. The number of aliphatic hydroxyl groups is 3. The highest BCUT2D eigenvalue weighted by Crippen LogP contribution is 2.38. The molecule has 105 heavy (non-hydrogen) atoms. The first-order chi connectivity index (χ1) is 50.1. The number of anilines is 2. The number of piperidine rings is 1. The lowest BCUT2D eigenvalue weighted by molar-refractivity contribution is -0.265. The molecule has 0 unspecified atom stereocenters. The first-order valence-corrected chi connectivity index (χ1v) is 36.9. The number of allylic oxidation sites excluding steroid dienone is 6. The van der Waals surface area contributed by atoms with Crippen molar-refractivity contribution >= 4 is 64.9 Å². The van der Waals surface area contributed by atoms with E-state index in [2.05, 4.69) is 35.1 Å². The summed E-state index contributed by atoms with van der Waals surface area (Å²) in [7, 11) is 3.03. The molecule has 4 saturated heterocycles. The van der Waals surface area contributed by atoms with Crippen molar-refractivity contribution in [2.75, 3.05) is 96.1 Å². The number of aliphatic carboxylic acids is 1. The lowest BCUT2D eigenvalue weighted by atomic mass is 9.80. The third-order valence-corrected chi connectivity index (χ3v) is 21.3. The van der Waals surface area contributed by atoms with Gasteiger partial charge in [0, 0.05) is 140 Å². The maximum atomic E-state index is 14.7. The van der Waals surface area contributed by atoms with Crippen molar-refractivity contribution in [1.82, 2.24) is 40.0 Å². The number of methoxy groups -OCH3 is 2. The smallest absolute Gasteiger partial charge is 0.407 e. The molecule has 5 aliphatic heterocycles. The van der Waals surface area contributed by atoms with Gasteiger partial charge in [0.15, 0.2) is 11.6 Å². The Morgan fingerprint density at radius 3 is 2.15 bits per heavy atom. The van der Waals surface area contributed by atoms with Gasteiger partial charge < -0.3 is 79.5 Å². The number of Topliss-reactive ketones (excluding diaryl/α,β-unsaturated/α-hetero) is 4. The van der Waals surface area contributed by atoms with Gasteiger partial charge in [-0.05, 0) is 108 Å². The first kappa shape index (κ1) is 82.8. The summed E-state index contributed by atoms with van der Waals surface area (Å²) in [5.41, 5.74) is 8.98. The monoisotopic (exact) mass is 1470 g/mol. The molecule has 30 heteroatoms. The van der Waals surface area contributed by atoms with Gasteiger partial charge in [-0.25, -0.2) is 34.3 Å². The Bertz CT molecular complexity index is 3440. The van der Waals surface area contributed by atoms with Crippen molar-refractivity contribution in [2.45, 2.75) is 205 Å². The number of alkyl carbamates (subject to hydrolysis) is 1. The minimum Gasteiger partial charge on any atom is -0.480 e. The van der Waals surface area contributed by atoms with Crippen molar-refractivity contribution in [3.8, 4) is 0 Å². The highest BCUT2D eigenvalue weighted by molar-refractivity contribution is 6.39. The molecule has 1 aliphatic carbocycles. The van der Waals surface area contributed by atoms with Crippen LogP contribution in [0.25, 0.3) is 0 Å². The van der Waals surface area contributed by atoms with Crippen molar-refractivity contribution < 1.29 is 92.0 Å². The minimum absolute atomic E-state index is 0.00599. The Kier molecular flexibility index (Phi) is 30.9. The summed E-state index contributed by atoms with van der Waals surface area (Å²) in [5, 5.41) is 47.5. The molecule has 7 N–H and O–H groups in total. The van der Waals surface area contributed by atoms with Crippen LogP contribution in [0.3, 0.4) is 0 Å². The fourth-order valence-corrected chi connectivity index (χ4v) is 14.7. The Morgan fingerprint density at radius 1 is 0.771 bits per heavy atom. The second kappa shape index (κ2) is 39.2. The third-order valence-electron chi connectivity index (χ3n) is 21.3. The number of amides is 3. The molecule has 578 valence electrons. The van der Waals surface area contributed by atoms with Gasteiger partial charge in [-0.3, -0.25) is 33.7 Å². The Labute approximate surface area is 614 Å². The van der Waals surface area contributed by atoms with Gasteiger partial charge in [-0.15, -0.1) is 0 Å². The molecule has 2 aromatic rings. The minimum atomic E-state index is -2.52. The van der Waals surface area contributed by atoms with Crippen molar-refractivity contribution in [3.05, 3.63) is 83.5 Å². The molecule has 8 rings (SSSR count). The zero-order chi connectivity index (χ0) is 76.2. The number of hydrogen-bond acceptors (Lipinski definition) is 26. The van der Waals surface area contributed by atoms with E-state index in [-0.39, 0.29) is 100 Å². The number of aliphatic hydroxyl groups excluding tert-OH is 2. The summed E-state index contributed by atoms with van der Waals surface area (Å²) in [5.74, 6) is -10.3. The Balaban J connectivity index is 0.851. The van der Waals surface area contributed by atoms with Gasteiger partial charge in [0.25, 0.3) is 11.7 Å². The van der Waals surface area contributed by atoms with Gasteiger partial charge in [0.05, 0.1) is 50.1 Å². The van der Waals surface area contributed by atoms with Gasteiger partial charge >= 0.3 is 18.0 Å². The van der Waals surface area contributed by atoms with Crippen LogP contribution in [0, 0.1) is 29.6 Å². The number of piperazine rings is 2. The highest BCUT2D eigenvalue weighted by atomic mass is 16.6. The van der Waals surface area contributed by atoms with Crippen LogP contribution in [-0.2, 0) is 68.5 Å². The van der Waals surface area contributed by atoms with Crippen LogP contribution in [0.2, 0.25) is 0 Å². The summed E-state index contributed by atoms with van der Waals surface area (Å²) in [6.45, 7) is 16.0. The zero-order valence-corrected chi connectivity index (χ0v) is 62.1. The molecule has 0 radical (unpaired) electrons. The topological polar surface area (TPSA) is 396 Å². The maximum absolute atomic E-state index is 14.7. The maximum Gasteiger partial charge on any atom is 0.407 e. The molecular formula is C75H109N11O19. The standard InChI is InChI=1S/C75H109N11O19/c1-45-15-11-10-12-16-46(2)61(100-8)37-55-20-18-50(6)75(99,105-55)68(93)69(94)86-23-14-13-17-57(86)71(97)103-62(38-59(88)47(3)34-49(5)66(91)67(92)65(90)48(4)33-45)56(76)35-52-19-21-60(63(36-52)101-9)104-74(98)81-41-53-39-77-73(78-40-53)84-28-29-85(58(44-84)70(95)96)64(89)22-31-102-32-30-82-24-26-83(27-25-82)72-79-42-54(43-80-72)51(7)87/h10-12,15-16,34,39-40,42-43,45,47-48,50,52,55-58,60-63,66-67,91-92,99H,13-14,17-33,35-38,41,44,76H2,1-9H3,(H,81,98)(H,95,96)/b12-10+,15-11+,46-16+,49-34+/t45-,47-,48-,50-,52+,55+,56-,57+,58-,60-,61+,62+,63-,66-,67+,75-/m1/s1. The van der Waals surface area contributed by atoms with Crippen LogP contribution in [-0.4, -0.2) is 261 Å². The van der Waals surface area contributed by atoms with Crippen LogP contribution < -0.4 is 20.9 Å². The number of carbonyl (C=O) groups is 9. The van der Waals surface area contributed by atoms with E-state index in [0.29, 0.717) is 94.7 Å². The molecule has 2 aromatic heterocycles. The summed E-state index contributed by atoms with van der Waals surface area (Å²) >= 11 is 0. The Hall–Kier alpha value is -7.81. The summed E-state index contributed by atoms with van der Waals surface area (Å²) in [6, 6.07) is -3.47. The quantitative estimate of drug-likeness (QED) is 0.0399. The van der Waals surface area contributed by atoms with Crippen LogP contribution >= 0.6 is 0 Å². The molecular weight excluding hydrogens is 1360 g/mol. The van der Waals surface area contributed by atoms with E-state index in [4.69, 9.17) is 34.2 Å². The van der Waals surface area contributed by atoms with Gasteiger partial charge in [-0.1, -0.05) is 64.2 Å². The molecule has 6 aliphatic rings. The van der Waals surface area contributed by atoms with E-state index in [1.165, 1.54) is 56.7 Å². The molecule has 7 heterocycles. The van der Waals surface area contributed by atoms with Crippen molar-refractivity contribution in [1.29, 1.82) is 0 Å². The van der Waals surface area contributed by atoms with E-state index >= 15 is 0 Å². The summed E-state index contributed by atoms with van der Waals surface area (Å²) in [4.78, 5) is 148. The number of cyclic esters (lactones) is 1. The van der Waals surface area contributed by atoms with E-state index in [9.17, 15) is 63.6 Å². The molecule has 0 aromatic carbocycles.